The molecule has 0 saturated carbocycles. The number of hydrogen-bond donors (Lipinski definition) is 3. The average molecular weight is 421 g/mol. The Balaban J connectivity index is 2.26. The third-order valence-electron chi connectivity index (χ3n) is 4.62. The number of esters is 3. The number of rotatable bonds is 8. The fourth-order valence-corrected chi connectivity index (χ4v) is 3.25. The number of aromatic nitrogens is 1. The number of amides is 2. The molecule has 0 saturated heterocycles. The highest BCUT2D eigenvalue weighted by atomic mass is 16.5. The molecule has 1 aliphatic rings. The Bertz CT molecular complexity index is 885. The molecule has 30 heavy (non-hydrogen) atoms. The summed E-state index contributed by atoms with van der Waals surface area (Å²) in [6.07, 6.45) is 0.455. The van der Waals surface area contributed by atoms with Crippen LogP contribution in [0.4, 0.5) is 4.79 Å². The molecule has 1 aromatic rings. The molecule has 1 aromatic heterocycles. The molecule has 2 rings (SSSR count). The van der Waals surface area contributed by atoms with E-state index in [0.29, 0.717) is 17.7 Å². The fraction of sp³-hybridized carbons (Fsp3) is 0.500. The number of ether oxygens (including phenoxy) is 3. The first kappa shape index (κ1) is 23.0. The molecular formula is C20H27N3O7. The maximum Gasteiger partial charge on any atom is 0.355 e. The SMILES string of the molecule is CCOC(=O)C1=C(COC(=O)c2[nH]c(C)c(C(=O)OCC)c2C)NC(=O)N[C@@H]1CC. The standard InChI is InChI=1S/C20H27N3O7/c1-6-12-15(18(25)29-8-3)13(23-20(27)22-12)9-30-19(26)16-10(4)14(11(5)21-16)17(24)28-7-2/h12,21H,6-9H2,1-5H3,(H2,22,23,27)/t12-/m1/s1. The molecule has 0 radical (unpaired) electrons. The van der Waals surface area contributed by atoms with Crippen molar-refractivity contribution in [1.82, 2.24) is 15.6 Å². The van der Waals surface area contributed by atoms with Crippen molar-refractivity contribution in [2.24, 2.45) is 0 Å². The smallest absolute Gasteiger partial charge is 0.355 e. The van der Waals surface area contributed by atoms with Gasteiger partial charge in [-0.3, -0.25) is 0 Å². The van der Waals surface area contributed by atoms with E-state index in [4.69, 9.17) is 14.2 Å². The van der Waals surface area contributed by atoms with Crippen LogP contribution in [0.5, 0.6) is 0 Å². The topological polar surface area (TPSA) is 136 Å². The van der Waals surface area contributed by atoms with Gasteiger partial charge in [0.25, 0.3) is 0 Å². The molecule has 3 N–H and O–H groups in total. The minimum absolute atomic E-state index is 0.0983. The Labute approximate surface area is 174 Å². The van der Waals surface area contributed by atoms with Crippen molar-refractivity contribution in [1.29, 1.82) is 0 Å². The Morgan fingerprint density at radius 3 is 2.17 bits per heavy atom. The van der Waals surface area contributed by atoms with Gasteiger partial charge in [-0.25, -0.2) is 19.2 Å². The van der Waals surface area contributed by atoms with Crippen LogP contribution in [0.1, 0.15) is 59.3 Å². The van der Waals surface area contributed by atoms with Gasteiger partial charge < -0.3 is 29.8 Å². The molecule has 0 spiro atoms. The highest BCUT2D eigenvalue weighted by molar-refractivity contribution is 5.99. The number of aryl methyl sites for hydroxylation is 1. The van der Waals surface area contributed by atoms with Crippen LogP contribution in [0.25, 0.3) is 0 Å². The average Bonchev–Trinajstić information content (AvgIpc) is 2.99. The zero-order chi connectivity index (χ0) is 22.4. The number of carbonyl (C=O) groups excluding carboxylic acids is 4. The van der Waals surface area contributed by atoms with E-state index in [-0.39, 0.29) is 42.3 Å². The predicted molar refractivity (Wildman–Crippen MR) is 106 cm³/mol. The van der Waals surface area contributed by atoms with Gasteiger partial charge in [0.2, 0.25) is 0 Å². The van der Waals surface area contributed by atoms with Gasteiger partial charge in [-0.15, -0.1) is 0 Å². The summed E-state index contributed by atoms with van der Waals surface area (Å²) < 4.78 is 15.4. The minimum atomic E-state index is -0.734. The third-order valence-corrected chi connectivity index (χ3v) is 4.62. The second-order valence-electron chi connectivity index (χ2n) is 6.59. The summed E-state index contributed by atoms with van der Waals surface area (Å²) >= 11 is 0. The van der Waals surface area contributed by atoms with Crippen LogP contribution < -0.4 is 10.6 Å². The van der Waals surface area contributed by atoms with Crippen molar-refractivity contribution in [2.75, 3.05) is 19.8 Å². The van der Waals surface area contributed by atoms with Gasteiger partial charge in [0.15, 0.2) is 0 Å². The molecule has 1 aliphatic heterocycles. The summed E-state index contributed by atoms with van der Waals surface area (Å²) in [5.41, 5.74) is 1.61. The summed E-state index contributed by atoms with van der Waals surface area (Å²) in [5.74, 6) is -1.87. The van der Waals surface area contributed by atoms with Gasteiger partial charge in [0.05, 0.1) is 36.1 Å². The molecule has 10 nitrogen and oxygen atoms in total. The van der Waals surface area contributed by atoms with Crippen LogP contribution in [-0.4, -0.2) is 54.8 Å². The van der Waals surface area contributed by atoms with E-state index >= 15 is 0 Å². The number of carbonyl (C=O) groups is 4. The molecule has 2 heterocycles. The van der Waals surface area contributed by atoms with Gasteiger partial charge in [-0.05, 0) is 39.7 Å². The molecule has 0 aliphatic carbocycles. The molecule has 0 unspecified atom stereocenters. The minimum Gasteiger partial charge on any atom is -0.463 e. The van der Waals surface area contributed by atoms with E-state index in [1.165, 1.54) is 0 Å². The number of aromatic amines is 1. The lowest BCUT2D eigenvalue weighted by Gasteiger charge is -2.28. The van der Waals surface area contributed by atoms with E-state index < -0.39 is 30.0 Å². The first-order valence-electron chi connectivity index (χ1n) is 9.76. The first-order valence-corrected chi connectivity index (χ1v) is 9.76. The van der Waals surface area contributed by atoms with E-state index in [1.54, 1.807) is 34.6 Å². The van der Waals surface area contributed by atoms with Crippen LogP contribution in [0.2, 0.25) is 0 Å². The monoisotopic (exact) mass is 421 g/mol. The molecule has 10 heteroatoms. The van der Waals surface area contributed by atoms with Crippen LogP contribution in [0.15, 0.2) is 11.3 Å². The zero-order valence-corrected chi connectivity index (χ0v) is 17.8. The van der Waals surface area contributed by atoms with Gasteiger partial charge in [0.1, 0.15) is 12.3 Å². The third kappa shape index (κ3) is 4.81. The lowest BCUT2D eigenvalue weighted by Crippen LogP contribution is -2.51. The Morgan fingerprint density at radius 1 is 0.933 bits per heavy atom. The number of urea groups is 1. The largest absolute Gasteiger partial charge is 0.463 e. The summed E-state index contributed by atoms with van der Waals surface area (Å²) in [7, 11) is 0. The van der Waals surface area contributed by atoms with E-state index in [1.807, 2.05) is 0 Å². The first-order chi connectivity index (χ1) is 14.2. The maximum atomic E-state index is 12.6. The van der Waals surface area contributed by atoms with Crippen molar-refractivity contribution in [3.8, 4) is 0 Å². The van der Waals surface area contributed by atoms with Gasteiger partial charge >= 0.3 is 23.9 Å². The second kappa shape index (κ2) is 9.95. The summed E-state index contributed by atoms with van der Waals surface area (Å²) in [5, 5.41) is 5.15. The quantitative estimate of drug-likeness (QED) is 0.431. The van der Waals surface area contributed by atoms with Gasteiger partial charge in [-0.2, -0.15) is 0 Å². The Morgan fingerprint density at radius 2 is 1.57 bits per heavy atom. The lowest BCUT2D eigenvalue weighted by molar-refractivity contribution is -0.139. The highest BCUT2D eigenvalue weighted by Gasteiger charge is 2.32. The van der Waals surface area contributed by atoms with Crippen molar-refractivity contribution < 1.29 is 33.4 Å². The molecule has 0 fully saturated rings. The van der Waals surface area contributed by atoms with Crippen molar-refractivity contribution in [2.45, 2.75) is 47.1 Å². The fourth-order valence-electron chi connectivity index (χ4n) is 3.25. The van der Waals surface area contributed by atoms with E-state index in [9.17, 15) is 19.2 Å². The van der Waals surface area contributed by atoms with Crippen molar-refractivity contribution >= 4 is 23.9 Å². The molecule has 2 amide bonds. The molecular weight excluding hydrogens is 394 g/mol. The highest BCUT2D eigenvalue weighted by Crippen LogP contribution is 2.21. The molecule has 0 aromatic carbocycles. The second-order valence-corrected chi connectivity index (χ2v) is 6.59. The Hall–Kier alpha value is -3.30. The Kier molecular flexibility index (Phi) is 7.62. The van der Waals surface area contributed by atoms with Crippen LogP contribution in [0.3, 0.4) is 0 Å². The molecule has 0 bridgehead atoms. The molecule has 1 atom stereocenters. The summed E-state index contributed by atoms with van der Waals surface area (Å²) in [6, 6.07) is -1.06. The predicted octanol–water partition coefficient (Wildman–Crippen LogP) is 1.87. The number of H-pyrrole nitrogens is 1. The zero-order valence-electron chi connectivity index (χ0n) is 17.8. The van der Waals surface area contributed by atoms with Gasteiger partial charge in [0, 0.05) is 5.69 Å². The van der Waals surface area contributed by atoms with E-state index in [0.717, 1.165) is 0 Å². The van der Waals surface area contributed by atoms with Crippen LogP contribution in [0, 0.1) is 13.8 Å². The molecule has 164 valence electrons. The van der Waals surface area contributed by atoms with Gasteiger partial charge in [-0.1, -0.05) is 6.92 Å². The van der Waals surface area contributed by atoms with Crippen LogP contribution in [-0.2, 0) is 19.0 Å². The summed E-state index contributed by atoms with van der Waals surface area (Å²) in [6.45, 7) is 8.45. The summed E-state index contributed by atoms with van der Waals surface area (Å²) in [4.78, 5) is 51.8. The number of nitrogens with one attached hydrogen (secondary N) is 3. The normalized spacial score (nSPS) is 15.9. The van der Waals surface area contributed by atoms with Crippen LogP contribution >= 0.6 is 0 Å². The van der Waals surface area contributed by atoms with Crippen molar-refractivity contribution in [3.05, 3.63) is 33.8 Å². The lowest BCUT2D eigenvalue weighted by atomic mass is 10.0. The number of hydrogen-bond acceptors (Lipinski definition) is 7. The van der Waals surface area contributed by atoms with E-state index in [2.05, 4.69) is 15.6 Å². The maximum absolute atomic E-state index is 12.6. The van der Waals surface area contributed by atoms with Crippen molar-refractivity contribution in [3.63, 3.8) is 0 Å².